The highest BCUT2D eigenvalue weighted by Crippen LogP contribution is 2.23. The Morgan fingerprint density at radius 3 is 3.00 bits per heavy atom. The smallest absolute Gasteiger partial charge is 0.320 e. The van der Waals surface area contributed by atoms with Crippen molar-refractivity contribution in [1.82, 2.24) is 10.3 Å². The number of aliphatic carboxylic acids is 1. The summed E-state index contributed by atoms with van der Waals surface area (Å²) in [5.41, 5.74) is 1.58. The molecule has 0 aliphatic carbocycles. The third kappa shape index (κ3) is 3.02. The van der Waals surface area contributed by atoms with E-state index < -0.39 is 12.0 Å². The molecule has 1 aromatic heterocycles. The van der Waals surface area contributed by atoms with Gasteiger partial charge >= 0.3 is 5.97 Å². The fourth-order valence-corrected chi connectivity index (χ4v) is 2.41. The van der Waals surface area contributed by atoms with Gasteiger partial charge in [-0.2, -0.15) is 0 Å². The van der Waals surface area contributed by atoms with Crippen molar-refractivity contribution in [3.8, 4) is 0 Å². The van der Waals surface area contributed by atoms with Gasteiger partial charge in [-0.1, -0.05) is 23.9 Å². The van der Waals surface area contributed by atoms with E-state index in [1.54, 1.807) is 7.05 Å². The van der Waals surface area contributed by atoms with Crippen LogP contribution in [-0.4, -0.2) is 34.9 Å². The highest BCUT2D eigenvalue weighted by atomic mass is 32.2. The van der Waals surface area contributed by atoms with Gasteiger partial charge in [0.1, 0.15) is 11.6 Å². The van der Waals surface area contributed by atoms with Crippen LogP contribution < -0.4 is 5.32 Å². The summed E-state index contributed by atoms with van der Waals surface area (Å²) >= 11 is 1.43. The lowest BCUT2D eigenvalue weighted by molar-refractivity contribution is -0.139. The zero-order valence-electron chi connectivity index (χ0n) is 9.92. The molecule has 0 amide bonds. The molecule has 1 aromatic carbocycles. The largest absolute Gasteiger partial charge is 0.480 e. The van der Waals surface area contributed by atoms with Gasteiger partial charge in [-0.3, -0.25) is 4.79 Å². The van der Waals surface area contributed by atoms with E-state index >= 15 is 0 Å². The highest BCUT2D eigenvalue weighted by Gasteiger charge is 2.15. The Morgan fingerprint density at radius 2 is 2.33 bits per heavy atom. The Morgan fingerprint density at radius 1 is 1.56 bits per heavy atom. The average Bonchev–Trinajstić information content (AvgIpc) is 2.76. The minimum atomic E-state index is -0.837. The monoisotopic (exact) mass is 266 g/mol. The number of benzene rings is 1. The van der Waals surface area contributed by atoms with Crippen LogP contribution in [-0.2, 0) is 4.79 Å². The van der Waals surface area contributed by atoms with Crippen LogP contribution in [0.2, 0.25) is 0 Å². The maximum absolute atomic E-state index is 10.8. The zero-order valence-corrected chi connectivity index (χ0v) is 10.7. The summed E-state index contributed by atoms with van der Waals surface area (Å²) in [5.74, 6) is -0.194. The molecule has 0 saturated heterocycles. The van der Waals surface area contributed by atoms with Gasteiger partial charge in [-0.05, 0) is 25.6 Å². The lowest BCUT2D eigenvalue weighted by Crippen LogP contribution is -2.34. The number of nitrogens with zero attached hydrogens (tertiary/aromatic N) is 1. The molecule has 6 heteroatoms. The molecular weight excluding hydrogens is 252 g/mol. The van der Waals surface area contributed by atoms with Crippen molar-refractivity contribution in [2.24, 2.45) is 0 Å². The molecular formula is C12H14N2O3S. The third-order valence-corrected chi connectivity index (χ3v) is 3.41. The molecule has 0 radical (unpaired) electrons. The Kier molecular flexibility index (Phi) is 4.22. The van der Waals surface area contributed by atoms with Crippen molar-refractivity contribution >= 4 is 28.8 Å². The molecule has 96 valence electrons. The van der Waals surface area contributed by atoms with Gasteiger partial charge in [0.2, 0.25) is 0 Å². The number of para-hydroxylation sites is 2. The third-order valence-electron chi connectivity index (χ3n) is 2.55. The minimum Gasteiger partial charge on any atom is -0.480 e. The lowest BCUT2D eigenvalue weighted by atomic mass is 10.2. The van der Waals surface area contributed by atoms with Crippen LogP contribution in [0.15, 0.2) is 33.9 Å². The number of hydrogen-bond acceptors (Lipinski definition) is 5. The highest BCUT2D eigenvalue weighted by molar-refractivity contribution is 7.99. The number of oxazole rings is 1. The quantitative estimate of drug-likeness (QED) is 0.779. The first-order valence-corrected chi connectivity index (χ1v) is 6.57. The number of thioether (sulfide) groups is 1. The van der Waals surface area contributed by atoms with Gasteiger partial charge in [-0.15, -0.1) is 0 Å². The van der Waals surface area contributed by atoms with E-state index in [1.165, 1.54) is 11.8 Å². The molecule has 0 fully saturated rings. The number of aromatic nitrogens is 1. The molecule has 0 aliphatic heterocycles. The number of carbonyl (C=O) groups is 1. The molecule has 5 nitrogen and oxygen atoms in total. The van der Waals surface area contributed by atoms with E-state index in [1.807, 2.05) is 24.3 Å². The fourth-order valence-electron chi connectivity index (χ4n) is 1.57. The summed E-state index contributed by atoms with van der Waals surface area (Å²) in [6.45, 7) is 0. The summed E-state index contributed by atoms with van der Waals surface area (Å²) in [5, 5.41) is 12.2. The van der Waals surface area contributed by atoms with Gasteiger partial charge < -0.3 is 14.8 Å². The van der Waals surface area contributed by atoms with Crippen molar-refractivity contribution in [1.29, 1.82) is 0 Å². The molecule has 0 saturated carbocycles. The molecule has 2 aromatic rings. The SMILES string of the molecule is CNC(CCSc1nc2ccccc2o1)C(=O)O. The van der Waals surface area contributed by atoms with Gasteiger partial charge in [0, 0.05) is 5.75 Å². The van der Waals surface area contributed by atoms with E-state index in [0.717, 1.165) is 11.1 Å². The van der Waals surface area contributed by atoms with Crippen molar-refractivity contribution in [3.63, 3.8) is 0 Å². The molecule has 1 unspecified atom stereocenters. The maximum atomic E-state index is 10.8. The summed E-state index contributed by atoms with van der Waals surface area (Å²) in [6.07, 6.45) is 0.523. The second-order valence-electron chi connectivity index (χ2n) is 3.76. The van der Waals surface area contributed by atoms with Crippen molar-refractivity contribution < 1.29 is 14.3 Å². The number of nitrogens with one attached hydrogen (secondary N) is 1. The molecule has 1 heterocycles. The predicted molar refractivity (Wildman–Crippen MR) is 69.8 cm³/mol. The summed E-state index contributed by atoms with van der Waals surface area (Å²) in [6, 6.07) is 7.02. The zero-order chi connectivity index (χ0) is 13.0. The number of rotatable bonds is 6. The van der Waals surface area contributed by atoms with Crippen molar-refractivity contribution in [2.75, 3.05) is 12.8 Å². The van der Waals surface area contributed by atoms with Crippen LogP contribution in [0.25, 0.3) is 11.1 Å². The van der Waals surface area contributed by atoms with Crippen LogP contribution in [0.3, 0.4) is 0 Å². The fraction of sp³-hybridized carbons (Fsp3) is 0.333. The Balaban J connectivity index is 1.92. The van der Waals surface area contributed by atoms with Gasteiger partial charge in [0.25, 0.3) is 5.22 Å². The Bertz CT molecular complexity index is 508. The second kappa shape index (κ2) is 5.88. The van der Waals surface area contributed by atoms with E-state index in [9.17, 15) is 4.79 Å². The van der Waals surface area contributed by atoms with Gasteiger partial charge in [0.05, 0.1) is 0 Å². The topological polar surface area (TPSA) is 75.4 Å². The van der Waals surface area contributed by atoms with E-state index in [2.05, 4.69) is 10.3 Å². The molecule has 1 atom stereocenters. The van der Waals surface area contributed by atoms with Crippen molar-refractivity contribution in [3.05, 3.63) is 24.3 Å². The molecule has 0 aliphatic rings. The summed E-state index contributed by atoms with van der Waals surface area (Å²) < 4.78 is 5.53. The van der Waals surface area contributed by atoms with Gasteiger partial charge in [0.15, 0.2) is 5.58 Å². The van der Waals surface area contributed by atoms with Crippen molar-refractivity contribution in [2.45, 2.75) is 17.7 Å². The van der Waals surface area contributed by atoms with E-state index in [4.69, 9.17) is 9.52 Å². The molecule has 2 N–H and O–H groups in total. The van der Waals surface area contributed by atoms with Crippen LogP contribution in [0.4, 0.5) is 0 Å². The normalized spacial score (nSPS) is 12.7. The Hall–Kier alpha value is -1.53. The number of carboxylic acid groups (broad SMARTS) is 1. The number of carboxylic acids is 1. The number of fused-ring (bicyclic) bond motifs is 1. The predicted octanol–water partition coefficient (Wildman–Crippen LogP) is 1.98. The summed E-state index contributed by atoms with van der Waals surface area (Å²) in [7, 11) is 1.64. The minimum absolute atomic E-state index is 0.523. The lowest BCUT2D eigenvalue weighted by Gasteiger charge is -2.08. The number of hydrogen-bond donors (Lipinski definition) is 2. The Labute approximate surface area is 109 Å². The molecule has 0 bridgehead atoms. The van der Waals surface area contributed by atoms with E-state index in [-0.39, 0.29) is 0 Å². The standard InChI is InChI=1S/C12H14N2O3S/c1-13-9(11(15)16)6-7-18-12-14-8-4-2-3-5-10(8)17-12/h2-5,9,13H,6-7H2,1H3,(H,15,16). The average molecular weight is 266 g/mol. The van der Waals surface area contributed by atoms with Gasteiger partial charge in [-0.25, -0.2) is 4.98 Å². The maximum Gasteiger partial charge on any atom is 0.320 e. The van der Waals surface area contributed by atoms with Crippen LogP contribution >= 0.6 is 11.8 Å². The molecule has 2 rings (SSSR count). The second-order valence-corrected chi connectivity index (χ2v) is 4.81. The first-order chi connectivity index (χ1) is 8.70. The van der Waals surface area contributed by atoms with Crippen LogP contribution in [0.5, 0.6) is 0 Å². The van der Waals surface area contributed by atoms with Crippen LogP contribution in [0, 0.1) is 0 Å². The first-order valence-electron chi connectivity index (χ1n) is 5.59. The molecule has 18 heavy (non-hydrogen) atoms. The first kappa shape index (κ1) is 12.9. The number of likely N-dealkylation sites (N-methyl/N-ethyl adjacent to an activating group) is 1. The van der Waals surface area contributed by atoms with E-state index in [0.29, 0.717) is 17.4 Å². The molecule has 0 spiro atoms. The van der Waals surface area contributed by atoms with Crippen LogP contribution in [0.1, 0.15) is 6.42 Å². The summed E-state index contributed by atoms with van der Waals surface area (Å²) in [4.78, 5) is 15.1.